The van der Waals surface area contributed by atoms with Crippen molar-refractivity contribution >= 4 is 26.2 Å². The van der Waals surface area contributed by atoms with Crippen LogP contribution in [0.15, 0.2) is 45.1 Å². The van der Waals surface area contributed by atoms with Crippen molar-refractivity contribution in [3.05, 3.63) is 46.0 Å². The van der Waals surface area contributed by atoms with E-state index in [1.165, 1.54) is 12.1 Å². The van der Waals surface area contributed by atoms with Crippen LogP contribution in [0.2, 0.25) is 0 Å². The largest absolute Gasteiger partial charge is 0.269 e. The molecule has 0 radical (unpaired) electrons. The van der Waals surface area contributed by atoms with Crippen LogP contribution in [-0.4, -0.2) is 4.92 Å². The van der Waals surface area contributed by atoms with Gasteiger partial charge in [-0.1, -0.05) is 0 Å². The second kappa shape index (κ2) is 3.93. The molecule has 14 heavy (non-hydrogen) atoms. The lowest BCUT2D eigenvalue weighted by Crippen LogP contribution is -1.88. The van der Waals surface area contributed by atoms with E-state index in [9.17, 15) is 10.1 Å². The van der Waals surface area contributed by atoms with Crippen LogP contribution in [-0.2, 0) is 9.72 Å². The van der Waals surface area contributed by atoms with E-state index in [4.69, 9.17) is 0 Å². The molecule has 0 fully saturated rings. The predicted octanol–water partition coefficient (Wildman–Crippen LogP) is 2.89. The van der Waals surface area contributed by atoms with Crippen LogP contribution >= 0.6 is 10.8 Å². The molecule has 0 aliphatic carbocycles. The highest BCUT2D eigenvalue weighted by molar-refractivity contribution is 8.71. The highest BCUT2D eigenvalue weighted by atomic mass is 33.1. The molecule has 1 aliphatic heterocycles. The molecule has 0 aromatic heterocycles. The van der Waals surface area contributed by atoms with Gasteiger partial charge in [-0.2, -0.15) is 0 Å². The zero-order valence-electron chi connectivity index (χ0n) is 6.99. The first-order chi connectivity index (χ1) is 6.77. The van der Waals surface area contributed by atoms with Crippen molar-refractivity contribution in [2.75, 3.05) is 0 Å². The van der Waals surface area contributed by atoms with Gasteiger partial charge in [0.2, 0.25) is 0 Å². The molecule has 0 saturated carbocycles. The van der Waals surface area contributed by atoms with Crippen LogP contribution in [0.4, 0.5) is 5.69 Å². The van der Waals surface area contributed by atoms with Crippen molar-refractivity contribution in [3.63, 3.8) is 0 Å². The van der Waals surface area contributed by atoms with Crippen LogP contribution in [0, 0.1) is 10.1 Å². The van der Waals surface area contributed by atoms with Crippen LogP contribution in [0.3, 0.4) is 0 Å². The Morgan fingerprint density at radius 2 is 2.07 bits per heavy atom. The minimum atomic E-state index is -0.399. The second-order valence-corrected chi connectivity index (χ2v) is 5.66. The van der Waals surface area contributed by atoms with Gasteiger partial charge in [-0.05, 0) is 32.6 Å². The lowest BCUT2D eigenvalue weighted by molar-refractivity contribution is -0.384. The van der Waals surface area contributed by atoms with Crippen LogP contribution < -0.4 is 0 Å². The minimum absolute atomic E-state index is 0.120. The molecule has 0 N–H and O–H groups in total. The van der Waals surface area contributed by atoms with Gasteiger partial charge in [0.15, 0.2) is 0 Å². The average molecular weight is 226 g/mol. The third-order valence-electron chi connectivity index (χ3n) is 1.61. The molecule has 0 amide bonds. The third kappa shape index (κ3) is 1.85. The number of non-ortho nitro benzene ring substituents is 1. The van der Waals surface area contributed by atoms with Gasteiger partial charge in [-0.25, -0.2) is 4.36 Å². The van der Waals surface area contributed by atoms with Crippen molar-refractivity contribution in [2.45, 2.75) is 4.90 Å². The number of nitrogens with zero attached hydrogens (tertiary/aromatic N) is 2. The summed E-state index contributed by atoms with van der Waals surface area (Å²) in [4.78, 5) is 11.0. The first kappa shape index (κ1) is 9.42. The Morgan fingerprint density at radius 1 is 1.36 bits per heavy atom. The Kier molecular flexibility index (Phi) is 2.64. The van der Waals surface area contributed by atoms with Gasteiger partial charge in [0.1, 0.15) is 0 Å². The molecule has 1 heterocycles. The first-order valence-electron chi connectivity index (χ1n) is 3.79. The summed E-state index contributed by atoms with van der Waals surface area (Å²) in [6.07, 6.45) is 1.76. The van der Waals surface area contributed by atoms with E-state index in [1.807, 2.05) is 5.41 Å². The zero-order valence-corrected chi connectivity index (χ0v) is 8.62. The minimum Gasteiger partial charge on any atom is -0.258 e. The lowest BCUT2D eigenvalue weighted by atomic mass is 10.3. The quantitative estimate of drug-likeness (QED) is 0.442. The second-order valence-electron chi connectivity index (χ2n) is 2.49. The number of hydrogen-bond donors (Lipinski definition) is 0. The molecule has 1 aromatic carbocycles. The van der Waals surface area contributed by atoms with Gasteiger partial charge in [0, 0.05) is 28.6 Å². The lowest BCUT2D eigenvalue weighted by Gasteiger charge is -1.99. The van der Waals surface area contributed by atoms with Crippen LogP contribution in [0.1, 0.15) is 0 Å². The number of benzene rings is 1. The number of nitro benzene ring substituents is 1. The van der Waals surface area contributed by atoms with Crippen molar-refractivity contribution < 1.29 is 4.92 Å². The molecule has 1 aromatic rings. The van der Waals surface area contributed by atoms with Crippen molar-refractivity contribution in [3.8, 4) is 0 Å². The molecule has 4 nitrogen and oxygen atoms in total. The Hall–Kier alpha value is -1.14. The number of nitro groups is 1. The summed E-state index contributed by atoms with van der Waals surface area (Å²) in [5.74, 6) is 0. The molecule has 1 atom stereocenters. The SMILES string of the molecule is O=[N+]([O-])c1ccc(S2=NC=CS2)cc1. The molecular formula is C8H6N2O2S2. The van der Waals surface area contributed by atoms with Gasteiger partial charge < -0.3 is 0 Å². The fraction of sp³-hybridized carbons (Fsp3) is 0. The fourth-order valence-electron chi connectivity index (χ4n) is 0.983. The number of rotatable bonds is 2. The molecule has 1 aliphatic rings. The van der Waals surface area contributed by atoms with Crippen molar-refractivity contribution in [2.24, 2.45) is 4.36 Å². The van der Waals surface area contributed by atoms with E-state index < -0.39 is 4.92 Å². The van der Waals surface area contributed by atoms with Gasteiger partial charge >= 0.3 is 0 Å². The Morgan fingerprint density at radius 3 is 2.57 bits per heavy atom. The summed E-state index contributed by atoms with van der Waals surface area (Å²) in [5.41, 5.74) is 0.120. The summed E-state index contributed by atoms with van der Waals surface area (Å²) in [5, 5.41) is 12.3. The van der Waals surface area contributed by atoms with E-state index in [1.54, 1.807) is 29.1 Å². The molecule has 1 unspecified atom stereocenters. The standard InChI is InChI=1S/C8H6N2O2S2/c11-10(12)7-1-3-8(4-2-7)14-9-5-6-13-14/h1-6H. The molecular weight excluding hydrogens is 220 g/mol. The van der Waals surface area contributed by atoms with Gasteiger partial charge in [0.05, 0.1) is 4.92 Å². The van der Waals surface area contributed by atoms with Crippen molar-refractivity contribution in [1.82, 2.24) is 0 Å². The normalized spacial score (nSPS) is 19.3. The van der Waals surface area contributed by atoms with E-state index in [2.05, 4.69) is 4.36 Å². The monoisotopic (exact) mass is 226 g/mol. The fourth-order valence-corrected chi connectivity index (χ4v) is 3.53. The summed E-state index contributed by atoms with van der Waals surface area (Å²) in [6, 6.07) is 6.53. The Balaban J connectivity index is 2.26. The predicted molar refractivity (Wildman–Crippen MR) is 57.9 cm³/mol. The maximum absolute atomic E-state index is 10.4. The highest BCUT2D eigenvalue weighted by Crippen LogP contribution is 2.27. The highest BCUT2D eigenvalue weighted by Gasteiger charge is 2.07. The smallest absolute Gasteiger partial charge is 0.258 e. The summed E-state index contributed by atoms with van der Waals surface area (Å²) in [6.45, 7) is 0. The molecule has 2 rings (SSSR count). The van der Waals surface area contributed by atoms with Gasteiger partial charge in [-0.3, -0.25) is 10.1 Å². The van der Waals surface area contributed by atoms with Crippen molar-refractivity contribution in [1.29, 1.82) is 0 Å². The van der Waals surface area contributed by atoms with Crippen LogP contribution in [0.25, 0.3) is 0 Å². The van der Waals surface area contributed by atoms with Gasteiger partial charge in [-0.15, -0.1) is 0 Å². The first-order valence-corrected chi connectivity index (χ1v) is 6.37. The average Bonchev–Trinajstić information content (AvgIpc) is 2.71. The van der Waals surface area contributed by atoms with E-state index >= 15 is 0 Å². The molecule has 0 spiro atoms. The topological polar surface area (TPSA) is 55.5 Å². The molecule has 0 bridgehead atoms. The summed E-state index contributed by atoms with van der Waals surface area (Å²) < 4.78 is 4.22. The maximum atomic E-state index is 10.4. The Labute approximate surface area is 86.7 Å². The molecule has 6 heteroatoms. The Bertz CT molecular complexity index is 425. The summed E-state index contributed by atoms with van der Waals surface area (Å²) >= 11 is 0. The van der Waals surface area contributed by atoms with E-state index in [0.717, 1.165) is 4.90 Å². The van der Waals surface area contributed by atoms with E-state index in [-0.39, 0.29) is 15.4 Å². The third-order valence-corrected chi connectivity index (χ3v) is 4.73. The zero-order chi connectivity index (χ0) is 9.97. The van der Waals surface area contributed by atoms with Crippen LogP contribution in [0.5, 0.6) is 0 Å². The molecule has 72 valence electrons. The maximum Gasteiger partial charge on any atom is 0.269 e. The number of hydrogen-bond acceptors (Lipinski definition) is 4. The summed E-state index contributed by atoms with van der Waals surface area (Å²) in [7, 11) is 1.42. The van der Waals surface area contributed by atoms with E-state index in [0.29, 0.717) is 0 Å². The molecule has 0 saturated heterocycles. The van der Waals surface area contributed by atoms with Gasteiger partial charge in [0.25, 0.3) is 5.69 Å².